The van der Waals surface area contributed by atoms with E-state index in [0.717, 1.165) is 6.42 Å². The number of amides is 1. The maximum Gasteiger partial charge on any atom is 0.223 e. The summed E-state index contributed by atoms with van der Waals surface area (Å²) < 4.78 is 0. The van der Waals surface area contributed by atoms with Gasteiger partial charge in [-0.25, -0.2) is 0 Å². The third-order valence-corrected chi connectivity index (χ3v) is 1.69. The van der Waals surface area contributed by atoms with Crippen LogP contribution in [0, 0.1) is 11.8 Å². The Labute approximate surface area is 49.3 Å². The molecule has 8 heavy (non-hydrogen) atoms. The lowest BCUT2D eigenvalue weighted by Gasteiger charge is -1.91. The van der Waals surface area contributed by atoms with E-state index in [0.29, 0.717) is 11.8 Å². The van der Waals surface area contributed by atoms with Crippen molar-refractivity contribution in [2.45, 2.75) is 13.3 Å². The Balaban J connectivity index is 2.28. The second-order valence-corrected chi connectivity index (χ2v) is 2.43. The minimum absolute atomic E-state index is 0.206. The quantitative estimate of drug-likeness (QED) is 0.523. The van der Waals surface area contributed by atoms with Crippen molar-refractivity contribution in [3.05, 3.63) is 0 Å². The molecule has 1 rings (SSSR count). The maximum atomic E-state index is 10.7. The first-order chi connectivity index (χ1) is 3.75. The summed E-state index contributed by atoms with van der Waals surface area (Å²) in [6.45, 7) is 2.10. The van der Waals surface area contributed by atoms with Crippen molar-refractivity contribution in [1.29, 1.82) is 0 Å². The first-order valence-electron chi connectivity index (χ1n) is 2.97. The van der Waals surface area contributed by atoms with E-state index in [-0.39, 0.29) is 5.91 Å². The molecule has 0 radical (unpaired) electrons. The average molecular weight is 113 g/mol. The summed E-state index contributed by atoms with van der Waals surface area (Å²) in [5, 5.41) is 2.62. The van der Waals surface area contributed by atoms with Gasteiger partial charge in [0.05, 0.1) is 0 Å². The number of hydrogen-bond acceptors (Lipinski definition) is 1. The van der Waals surface area contributed by atoms with Crippen LogP contribution in [0.15, 0.2) is 0 Å². The predicted molar refractivity (Wildman–Crippen MR) is 31.3 cm³/mol. The monoisotopic (exact) mass is 113 g/mol. The van der Waals surface area contributed by atoms with Gasteiger partial charge in [0.15, 0.2) is 0 Å². The minimum atomic E-state index is 0.206. The van der Waals surface area contributed by atoms with Crippen molar-refractivity contribution in [3.63, 3.8) is 0 Å². The maximum absolute atomic E-state index is 10.7. The number of nitrogens with one attached hydrogen (secondary N) is 1. The molecule has 1 N–H and O–H groups in total. The normalized spacial score (nSPS) is 34.2. The Morgan fingerprint density at radius 2 is 2.25 bits per heavy atom. The van der Waals surface area contributed by atoms with Gasteiger partial charge >= 0.3 is 0 Å². The topological polar surface area (TPSA) is 29.1 Å². The van der Waals surface area contributed by atoms with E-state index >= 15 is 0 Å². The Morgan fingerprint density at radius 1 is 1.75 bits per heavy atom. The highest BCUT2D eigenvalue weighted by Crippen LogP contribution is 2.37. The van der Waals surface area contributed by atoms with Crippen molar-refractivity contribution in [3.8, 4) is 0 Å². The number of carbonyl (C=O) groups excluding carboxylic acids is 1. The Morgan fingerprint density at radius 3 is 2.38 bits per heavy atom. The van der Waals surface area contributed by atoms with Crippen LogP contribution in [-0.2, 0) is 4.79 Å². The molecule has 46 valence electrons. The molecule has 1 fully saturated rings. The number of carbonyl (C=O) groups is 1. The van der Waals surface area contributed by atoms with Crippen LogP contribution in [0.3, 0.4) is 0 Å². The molecule has 2 heteroatoms. The van der Waals surface area contributed by atoms with E-state index in [1.807, 2.05) is 0 Å². The van der Waals surface area contributed by atoms with Crippen LogP contribution in [0.4, 0.5) is 0 Å². The van der Waals surface area contributed by atoms with E-state index < -0.39 is 0 Å². The number of rotatable bonds is 1. The van der Waals surface area contributed by atoms with Crippen molar-refractivity contribution >= 4 is 5.91 Å². The summed E-state index contributed by atoms with van der Waals surface area (Å²) >= 11 is 0. The van der Waals surface area contributed by atoms with Crippen molar-refractivity contribution in [1.82, 2.24) is 5.32 Å². The lowest BCUT2D eigenvalue weighted by Crippen LogP contribution is -2.19. The zero-order valence-corrected chi connectivity index (χ0v) is 5.27. The molecule has 0 aromatic rings. The van der Waals surface area contributed by atoms with Crippen LogP contribution < -0.4 is 5.32 Å². The fourth-order valence-electron chi connectivity index (χ4n) is 0.873. The highest BCUT2D eigenvalue weighted by Gasteiger charge is 2.38. The molecule has 0 bridgehead atoms. The molecule has 0 spiro atoms. The van der Waals surface area contributed by atoms with Gasteiger partial charge in [0.25, 0.3) is 0 Å². The Hall–Kier alpha value is -0.530. The zero-order chi connectivity index (χ0) is 6.15. The molecule has 0 aromatic heterocycles. The first-order valence-corrected chi connectivity index (χ1v) is 2.97. The minimum Gasteiger partial charge on any atom is -0.359 e. The van der Waals surface area contributed by atoms with Crippen LogP contribution in [0.2, 0.25) is 0 Å². The Kier molecular flexibility index (Phi) is 1.24. The van der Waals surface area contributed by atoms with Gasteiger partial charge in [-0.15, -0.1) is 0 Å². The molecule has 0 aliphatic heterocycles. The molecular weight excluding hydrogens is 102 g/mol. The molecule has 1 amide bonds. The summed E-state index contributed by atoms with van der Waals surface area (Å²) in [5.41, 5.74) is 0. The predicted octanol–water partition coefficient (Wildman–Crippen LogP) is 0.388. The molecule has 2 atom stereocenters. The highest BCUT2D eigenvalue weighted by atomic mass is 16.1. The highest BCUT2D eigenvalue weighted by molar-refractivity contribution is 5.81. The summed E-state index contributed by atoms with van der Waals surface area (Å²) in [6, 6.07) is 0. The average Bonchev–Trinajstić information content (AvgIpc) is 2.45. The van der Waals surface area contributed by atoms with Crippen LogP contribution in [0.1, 0.15) is 13.3 Å². The van der Waals surface area contributed by atoms with Gasteiger partial charge in [0.1, 0.15) is 0 Å². The summed E-state index contributed by atoms with van der Waals surface area (Å²) in [7, 11) is 1.69. The fourth-order valence-corrected chi connectivity index (χ4v) is 0.873. The van der Waals surface area contributed by atoms with Gasteiger partial charge in [-0.3, -0.25) is 4.79 Å². The molecule has 2 nitrogen and oxygen atoms in total. The molecule has 0 saturated heterocycles. The summed E-state index contributed by atoms with van der Waals surface area (Å²) in [4.78, 5) is 10.7. The van der Waals surface area contributed by atoms with E-state index in [1.54, 1.807) is 7.05 Å². The van der Waals surface area contributed by atoms with E-state index in [2.05, 4.69) is 12.2 Å². The smallest absolute Gasteiger partial charge is 0.223 e. The van der Waals surface area contributed by atoms with E-state index in [4.69, 9.17) is 0 Å². The molecule has 1 unspecified atom stereocenters. The molecule has 1 aliphatic rings. The molecule has 0 heterocycles. The number of hydrogen-bond donors (Lipinski definition) is 1. The van der Waals surface area contributed by atoms with Crippen LogP contribution >= 0.6 is 0 Å². The second-order valence-electron chi connectivity index (χ2n) is 2.43. The van der Waals surface area contributed by atoms with Gasteiger partial charge in [-0.2, -0.15) is 0 Å². The van der Waals surface area contributed by atoms with Crippen molar-refractivity contribution < 1.29 is 4.79 Å². The van der Waals surface area contributed by atoms with E-state index in [1.165, 1.54) is 0 Å². The van der Waals surface area contributed by atoms with Crippen LogP contribution in [0.5, 0.6) is 0 Å². The third-order valence-electron chi connectivity index (χ3n) is 1.69. The second kappa shape index (κ2) is 1.77. The molecular formula is C6H11NO. The van der Waals surface area contributed by atoms with Crippen molar-refractivity contribution in [2.24, 2.45) is 11.8 Å². The third kappa shape index (κ3) is 0.831. The largest absolute Gasteiger partial charge is 0.359 e. The molecule has 0 aromatic carbocycles. The summed E-state index contributed by atoms with van der Waals surface area (Å²) in [6.07, 6.45) is 1.08. The Bertz CT molecular complexity index is 111. The van der Waals surface area contributed by atoms with Crippen LogP contribution in [-0.4, -0.2) is 13.0 Å². The molecule has 1 aliphatic carbocycles. The van der Waals surface area contributed by atoms with E-state index in [9.17, 15) is 4.79 Å². The SMILES string of the molecule is CNC(=O)[C@H]1CC1C. The zero-order valence-electron chi connectivity index (χ0n) is 5.27. The van der Waals surface area contributed by atoms with Crippen molar-refractivity contribution in [2.75, 3.05) is 7.05 Å². The lowest BCUT2D eigenvalue weighted by atomic mass is 10.3. The fraction of sp³-hybridized carbons (Fsp3) is 0.833. The van der Waals surface area contributed by atoms with Gasteiger partial charge in [0.2, 0.25) is 5.91 Å². The van der Waals surface area contributed by atoms with Gasteiger partial charge in [0, 0.05) is 13.0 Å². The van der Waals surface area contributed by atoms with Gasteiger partial charge in [-0.1, -0.05) is 6.92 Å². The van der Waals surface area contributed by atoms with Crippen LogP contribution in [0.25, 0.3) is 0 Å². The van der Waals surface area contributed by atoms with Gasteiger partial charge < -0.3 is 5.32 Å². The summed E-state index contributed by atoms with van der Waals surface area (Å²) in [5.74, 6) is 1.17. The first kappa shape index (κ1) is 5.60. The lowest BCUT2D eigenvalue weighted by molar-refractivity contribution is -0.122. The molecule has 1 saturated carbocycles. The van der Waals surface area contributed by atoms with Gasteiger partial charge in [-0.05, 0) is 12.3 Å². The standard InChI is InChI=1S/C6H11NO/c1-4-3-5(4)6(8)7-2/h4-5H,3H2,1-2H3,(H,7,8)/t4?,5-/m0/s1.